The minimum atomic E-state index is -3.51. The van der Waals surface area contributed by atoms with E-state index < -0.39 is 10.0 Å². The van der Waals surface area contributed by atoms with Gasteiger partial charge in [0.15, 0.2) is 0 Å². The molecular formula is C12H19ClN2O2S. The minimum Gasteiger partial charge on any atom is -0.398 e. The van der Waals surface area contributed by atoms with Gasteiger partial charge in [0, 0.05) is 12.6 Å². The van der Waals surface area contributed by atoms with Crippen LogP contribution >= 0.6 is 11.6 Å². The van der Waals surface area contributed by atoms with Crippen LogP contribution in [-0.2, 0) is 10.0 Å². The molecule has 0 fully saturated rings. The Hall–Kier alpha value is -0.780. The zero-order chi connectivity index (χ0) is 13.9. The molecular weight excluding hydrogens is 272 g/mol. The van der Waals surface area contributed by atoms with Crippen LogP contribution in [0.4, 0.5) is 5.69 Å². The number of nitrogen functional groups attached to an aromatic ring is 1. The average Bonchev–Trinajstić information content (AvgIpc) is 2.32. The van der Waals surface area contributed by atoms with Crippen molar-refractivity contribution in [2.45, 2.75) is 38.1 Å². The topological polar surface area (TPSA) is 63.4 Å². The Balaban J connectivity index is 3.23. The highest BCUT2D eigenvalue weighted by atomic mass is 35.5. The van der Waals surface area contributed by atoms with E-state index in [1.54, 1.807) is 0 Å². The van der Waals surface area contributed by atoms with E-state index in [1.165, 1.54) is 22.5 Å². The molecule has 0 aliphatic rings. The van der Waals surface area contributed by atoms with Crippen LogP contribution in [0, 0.1) is 0 Å². The lowest BCUT2D eigenvalue weighted by molar-refractivity contribution is 0.342. The summed E-state index contributed by atoms with van der Waals surface area (Å²) in [6.07, 6.45) is 0.760. The lowest BCUT2D eigenvalue weighted by Crippen LogP contribution is -2.38. The number of halogens is 1. The van der Waals surface area contributed by atoms with E-state index in [9.17, 15) is 8.42 Å². The first-order valence-electron chi connectivity index (χ1n) is 5.91. The van der Waals surface area contributed by atoms with Gasteiger partial charge in [0.2, 0.25) is 10.0 Å². The predicted octanol–water partition coefficient (Wildman–Crippen LogP) is 2.73. The first-order valence-corrected chi connectivity index (χ1v) is 7.73. The van der Waals surface area contributed by atoms with E-state index >= 15 is 0 Å². The number of nitrogens with zero attached hydrogens (tertiary/aromatic N) is 1. The van der Waals surface area contributed by atoms with Crippen molar-refractivity contribution in [3.05, 3.63) is 23.2 Å². The van der Waals surface area contributed by atoms with Crippen molar-refractivity contribution in [2.24, 2.45) is 0 Å². The van der Waals surface area contributed by atoms with Gasteiger partial charge in [-0.25, -0.2) is 8.42 Å². The number of hydrogen-bond acceptors (Lipinski definition) is 3. The molecule has 1 rings (SSSR count). The maximum atomic E-state index is 12.5. The number of sulfonamides is 1. The molecule has 1 aromatic carbocycles. The van der Waals surface area contributed by atoms with Crippen molar-refractivity contribution < 1.29 is 8.42 Å². The second-order valence-corrected chi connectivity index (χ2v) is 6.45. The second-order valence-electron chi connectivity index (χ2n) is 4.15. The summed E-state index contributed by atoms with van der Waals surface area (Å²) >= 11 is 5.87. The molecule has 0 heterocycles. The van der Waals surface area contributed by atoms with Crippen molar-refractivity contribution in [1.29, 1.82) is 0 Å². The summed E-state index contributed by atoms with van der Waals surface area (Å²) in [7, 11) is -3.51. The minimum absolute atomic E-state index is 0.0451. The Labute approximate surface area is 114 Å². The van der Waals surface area contributed by atoms with Gasteiger partial charge in [-0.15, -0.1) is 0 Å². The Kier molecular flexibility index (Phi) is 5.01. The summed E-state index contributed by atoms with van der Waals surface area (Å²) in [6, 6.07) is 4.36. The van der Waals surface area contributed by atoms with E-state index in [1.807, 2.05) is 20.8 Å². The number of nitrogens with two attached hydrogens (primary N) is 1. The fourth-order valence-corrected chi connectivity index (χ4v) is 3.71. The van der Waals surface area contributed by atoms with E-state index in [0.717, 1.165) is 6.42 Å². The molecule has 18 heavy (non-hydrogen) atoms. The van der Waals surface area contributed by atoms with Gasteiger partial charge in [-0.1, -0.05) is 25.4 Å². The molecule has 1 aromatic rings. The Morgan fingerprint density at radius 2 is 2.00 bits per heavy atom. The quantitative estimate of drug-likeness (QED) is 0.848. The molecule has 1 unspecified atom stereocenters. The summed E-state index contributed by atoms with van der Waals surface area (Å²) in [6.45, 7) is 6.10. The summed E-state index contributed by atoms with van der Waals surface area (Å²) < 4.78 is 26.4. The van der Waals surface area contributed by atoms with Crippen LogP contribution in [-0.4, -0.2) is 25.3 Å². The average molecular weight is 291 g/mol. The molecule has 0 spiro atoms. The van der Waals surface area contributed by atoms with Crippen molar-refractivity contribution >= 4 is 27.3 Å². The fraction of sp³-hybridized carbons (Fsp3) is 0.500. The second kappa shape index (κ2) is 5.91. The molecule has 4 nitrogen and oxygen atoms in total. The standard InChI is InChI=1S/C12H19ClN2O2S/c1-4-9(3)15(5-2)18(16,17)10-6-7-12(14)11(13)8-10/h6-9H,4-5,14H2,1-3H3. The number of benzene rings is 1. The van der Waals surface area contributed by atoms with E-state index in [0.29, 0.717) is 12.2 Å². The third-order valence-electron chi connectivity index (χ3n) is 2.97. The molecule has 0 radical (unpaired) electrons. The third-order valence-corrected chi connectivity index (χ3v) is 5.39. The summed E-state index contributed by atoms with van der Waals surface area (Å²) in [5.74, 6) is 0. The van der Waals surface area contributed by atoms with Crippen LogP contribution < -0.4 is 5.73 Å². The van der Waals surface area contributed by atoms with Crippen molar-refractivity contribution in [2.75, 3.05) is 12.3 Å². The zero-order valence-corrected chi connectivity index (χ0v) is 12.4. The molecule has 1 atom stereocenters. The number of hydrogen-bond donors (Lipinski definition) is 1. The molecule has 0 amide bonds. The molecule has 102 valence electrons. The van der Waals surface area contributed by atoms with Gasteiger partial charge in [0.05, 0.1) is 15.6 Å². The SMILES string of the molecule is CCC(C)N(CC)S(=O)(=O)c1ccc(N)c(Cl)c1. The molecule has 2 N–H and O–H groups in total. The van der Waals surface area contributed by atoms with Crippen LogP contribution in [0.15, 0.2) is 23.1 Å². The van der Waals surface area contributed by atoms with Crippen LogP contribution in [0.5, 0.6) is 0 Å². The Morgan fingerprint density at radius 1 is 1.39 bits per heavy atom. The van der Waals surface area contributed by atoms with E-state index in [4.69, 9.17) is 17.3 Å². The molecule has 6 heteroatoms. The van der Waals surface area contributed by atoms with Crippen LogP contribution in [0.3, 0.4) is 0 Å². The lowest BCUT2D eigenvalue weighted by Gasteiger charge is -2.26. The van der Waals surface area contributed by atoms with Gasteiger partial charge in [0.1, 0.15) is 0 Å². The highest BCUT2D eigenvalue weighted by molar-refractivity contribution is 7.89. The Morgan fingerprint density at radius 3 is 2.44 bits per heavy atom. The summed E-state index contributed by atoms with van der Waals surface area (Å²) in [5.41, 5.74) is 5.96. The maximum absolute atomic E-state index is 12.5. The van der Waals surface area contributed by atoms with E-state index in [2.05, 4.69) is 0 Å². The maximum Gasteiger partial charge on any atom is 0.243 e. The first-order chi connectivity index (χ1) is 8.34. The third kappa shape index (κ3) is 2.96. The summed E-state index contributed by atoms with van der Waals surface area (Å²) in [4.78, 5) is 0.184. The van der Waals surface area contributed by atoms with Gasteiger partial charge in [-0.3, -0.25) is 0 Å². The highest BCUT2D eigenvalue weighted by Crippen LogP contribution is 2.25. The largest absolute Gasteiger partial charge is 0.398 e. The van der Waals surface area contributed by atoms with Crippen molar-refractivity contribution in [3.8, 4) is 0 Å². The van der Waals surface area contributed by atoms with Gasteiger partial charge in [-0.2, -0.15) is 4.31 Å². The van der Waals surface area contributed by atoms with Crippen molar-refractivity contribution in [1.82, 2.24) is 4.31 Å². The highest BCUT2D eigenvalue weighted by Gasteiger charge is 2.27. The van der Waals surface area contributed by atoms with Crippen LogP contribution in [0.25, 0.3) is 0 Å². The van der Waals surface area contributed by atoms with E-state index in [-0.39, 0.29) is 16.0 Å². The zero-order valence-electron chi connectivity index (χ0n) is 10.9. The summed E-state index contributed by atoms with van der Waals surface area (Å²) in [5, 5.41) is 0.260. The first kappa shape index (κ1) is 15.3. The van der Waals surface area contributed by atoms with Gasteiger partial charge in [0.25, 0.3) is 0 Å². The predicted molar refractivity (Wildman–Crippen MR) is 75.2 cm³/mol. The van der Waals surface area contributed by atoms with Gasteiger partial charge < -0.3 is 5.73 Å². The fourth-order valence-electron chi connectivity index (χ4n) is 1.73. The van der Waals surface area contributed by atoms with Crippen molar-refractivity contribution in [3.63, 3.8) is 0 Å². The molecule has 0 saturated carbocycles. The molecule has 0 bridgehead atoms. The molecule has 0 aliphatic heterocycles. The van der Waals surface area contributed by atoms with Crippen LogP contribution in [0.1, 0.15) is 27.2 Å². The van der Waals surface area contributed by atoms with Gasteiger partial charge in [-0.05, 0) is 31.5 Å². The van der Waals surface area contributed by atoms with Gasteiger partial charge >= 0.3 is 0 Å². The Bertz CT molecular complexity index is 517. The molecule has 0 aliphatic carbocycles. The van der Waals surface area contributed by atoms with Crippen LogP contribution in [0.2, 0.25) is 5.02 Å². The number of rotatable bonds is 5. The normalized spacial score (nSPS) is 13.8. The smallest absolute Gasteiger partial charge is 0.243 e. The lowest BCUT2D eigenvalue weighted by atomic mass is 10.3. The monoisotopic (exact) mass is 290 g/mol. The molecule has 0 aromatic heterocycles. The number of anilines is 1. The molecule has 0 saturated heterocycles.